The molecule has 4 rings (SSSR count). The smallest absolute Gasteiger partial charge is 0.319 e. The molecule has 0 unspecified atom stereocenters. The van der Waals surface area contributed by atoms with E-state index in [-0.39, 0.29) is 24.7 Å². The van der Waals surface area contributed by atoms with E-state index in [1.54, 1.807) is 0 Å². The average molecular weight is 399 g/mol. The van der Waals surface area contributed by atoms with Crippen LogP contribution in [0.1, 0.15) is 31.2 Å². The number of benzene rings is 1. The summed E-state index contributed by atoms with van der Waals surface area (Å²) in [6.07, 6.45) is 5.42. The third-order valence-electron chi connectivity index (χ3n) is 5.58. The molecule has 154 valence electrons. The second-order valence-electron chi connectivity index (χ2n) is 7.94. The van der Waals surface area contributed by atoms with Crippen molar-refractivity contribution in [2.45, 2.75) is 44.7 Å². The number of rotatable bonds is 8. The van der Waals surface area contributed by atoms with Gasteiger partial charge in [0.05, 0.1) is 12.2 Å². The number of carboxylic acid groups (broad SMARTS) is 1. The van der Waals surface area contributed by atoms with Crippen molar-refractivity contribution >= 4 is 17.7 Å². The number of aryl methyl sites for hydroxylation is 1. The lowest BCUT2D eigenvalue weighted by Crippen LogP contribution is -2.55. The predicted molar refractivity (Wildman–Crippen MR) is 105 cm³/mol. The summed E-state index contributed by atoms with van der Waals surface area (Å²) >= 11 is 0. The highest BCUT2D eigenvalue weighted by Crippen LogP contribution is 2.33. The lowest BCUT2D eigenvalue weighted by molar-refractivity contribution is -0.139. The summed E-state index contributed by atoms with van der Waals surface area (Å²) in [5.41, 5.74) is 2.37. The minimum atomic E-state index is -0.794. The van der Waals surface area contributed by atoms with Gasteiger partial charge in [-0.3, -0.25) is 9.69 Å². The Hall–Kier alpha value is -3.01. The zero-order chi connectivity index (χ0) is 20.4. The Balaban J connectivity index is 1.29. The van der Waals surface area contributed by atoms with Crippen LogP contribution in [0.2, 0.25) is 0 Å². The highest BCUT2D eigenvalue weighted by atomic mass is 16.4. The number of nitrogens with one attached hydrogen (secondary N) is 2. The molecule has 3 N–H and O–H groups in total. The van der Waals surface area contributed by atoms with Gasteiger partial charge in [-0.25, -0.2) is 9.48 Å². The van der Waals surface area contributed by atoms with Gasteiger partial charge in [-0.15, -0.1) is 5.10 Å². The summed E-state index contributed by atoms with van der Waals surface area (Å²) < 4.78 is 1.52. The minimum absolute atomic E-state index is 0.0542. The fourth-order valence-corrected chi connectivity index (χ4v) is 3.66. The first-order valence-corrected chi connectivity index (χ1v) is 9.85. The molecule has 0 saturated heterocycles. The van der Waals surface area contributed by atoms with Crippen LogP contribution in [0.25, 0.3) is 5.69 Å². The SMILES string of the molecule is Cc1ccc(-n2cnnn2)cc1NC(=O)NC1CC(N(CC(=O)O)CC2CC2)C1. The van der Waals surface area contributed by atoms with Gasteiger partial charge in [0, 0.05) is 24.3 Å². The molecule has 2 aliphatic carbocycles. The van der Waals surface area contributed by atoms with Gasteiger partial charge in [-0.1, -0.05) is 6.07 Å². The molecule has 29 heavy (non-hydrogen) atoms. The van der Waals surface area contributed by atoms with Crippen LogP contribution >= 0.6 is 0 Å². The molecule has 2 amide bonds. The number of aromatic nitrogens is 4. The van der Waals surface area contributed by atoms with E-state index in [4.69, 9.17) is 5.11 Å². The van der Waals surface area contributed by atoms with Crippen LogP contribution in [0.3, 0.4) is 0 Å². The molecule has 0 atom stereocenters. The molecule has 2 aliphatic rings. The highest BCUT2D eigenvalue weighted by Gasteiger charge is 2.37. The lowest BCUT2D eigenvalue weighted by atomic mass is 9.85. The first-order valence-electron chi connectivity index (χ1n) is 9.85. The van der Waals surface area contributed by atoms with E-state index in [1.165, 1.54) is 23.9 Å². The molecule has 1 heterocycles. The molecular weight excluding hydrogens is 374 g/mol. The summed E-state index contributed by atoms with van der Waals surface area (Å²) in [5.74, 6) is -0.155. The van der Waals surface area contributed by atoms with Gasteiger partial charge in [-0.2, -0.15) is 0 Å². The van der Waals surface area contributed by atoms with Crippen molar-refractivity contribution in [1.29, 1.82) is 0 Å². The van der Waals surface area contributed by atoms with Crippen LogP contribution in [0.5, 0.6) is 0 Å². The Morgan fingerprint density at radius 1 is 1.31 bits per heavy atom. The van der Waals surface area contributed by atoms with E-state index in [9.17, 15) is 9.59 Å². The van der Waals surface area contributed by atoms with Gasteiger partial charge in [0.25, 0.3) is 0 Å². The van der Waals surface area contributed by atoms with Gasteiger partial charge in [-0.05, 0) is 66.6 Å². The first-order chi connectivity index (χ1) is 14.0. The van der Waals surface area contributed by atoms with Crippen LogP contribution in [-0.4, -0.2) is 67.4 Å². The second kappa shape index (κ2) is 8.16. The van der Waals surface area contributed by atoms with Crippen LogP contribution in [0.15, 0.2) is 24.5 Å². The molecule has 0 aliphatic heterocycles. The Morgan fingerprint density at radius 3 is 2.76 bits per heavy atom. The number of carbonyl (C=O) groups excluding carboxylic acids is 1. The molecule has 2 aromatic rings. The topological polar surface area (TPSA) is 125 Å². The molecule has 0 spiro atoms. The monoisotopic (exact) mass is 399 g/mol. The van der Waals surface area contributed by atoms with Crippen molar-refractivity contribution in [3.8, 4) is 5.69 Å². The predicted octanol–water partition coefficient (Wildman–Crippen LogP) is 1.42. The molecular formula is C19H25N7O3. The molecule has 10 nitrogen and oxygen atoms in total. The van der Waals surface area contributed by atoms with Gasteiger partial charge in [0.2, 0.25) is 0 Å². The maximum Gasteiger partial charge on any atom is 0.319 e. The number of nitrogens with zero attached hydrogens (tertiary/aromatic N) is 5. The molecule has 10 heteroatoms. The van der Waals surface area contributed by atoms with E-state index in [1.807, 2.05) is 25.1 Å². The molecule has 0 bridgehead atoms. The third-order valence-corrected chi connectivity index (χ3v) is 5.58. The Morgan fingerprint density at radius 2 is 2.10 bits per heavy atom. The zero-order valence-electron chi connectivity index (χ0n) is 16.3. The molecule has 1 aromatic carbocycles. The summed E-state index contributed by atoms with van der Waals surface area (Å²) in [4.78, 5) is 25.6. The molecule has 0 radical (unpaired) electrons. The van der Waals surface area contributed by atoms with Crippen molar-refractivity contribution in [1.82, 2.24) is 30.4 Å². The van der Waals surface area contributed by atoms with Gasteiger partial charge in [0.1, 0.15) is 6.33 Å². The van der Waals surface area contributed by atoms with Crippen molar-refractivity contribution in [3.63, 3.8) is 0 Å². The van der Waals surface area contributed by atoms with Crippen LogP contribution in [0, 0.1) is 12.8 Å². The Kier molecular flexibility index (Phi) is 5.43. The fourth-order valence-electron chi connectivity index (χ4n) is 3.66. The van der Waals surface area contributed by atoms with Crippen LogP contribution in [-0.2, 0) is 4.79 Å². The number of amides is 2. The van der Waals surface area contributed by atoms with Crippen molar-refractivity contribution < 1.29 is 14.7 Å². The summed E-state index contributed by atoms with van der Waals surface area (Å²) in [7, 11) is 0. The standard InChI is InChI=1S/C19H25N7O3/c1-12-2-5-15(26-11-20-23-24-26)8-17(12)22-19(29)21-14-6-16(7-14)25(10-18(27)28)9-13-3-4-13/h2,5,8,11,13-14,16H,3-4,6-7,9-10H2,1H3,(H,27,28)(H2,21,22,29). The summed E-state index contributed by atoms with van der Waals surface area (Å²) in [6, 6.07) is 5.60. The van der Waals surface area contributed by atoms with E-state index >= 15 is 0 Å². The van der Waals surface area contributed by atoms with Crippen LogP contribution in [0.4, 0.5) is 10.5 Å². The van der Waals surface area contributed by atoms with Crippen LogP contribution < -0.4 is 10.6 Å². The number of urea groups is 1. The number of carbonyl (C=O) groups is 2. The minimum Gasteiger partial charge on any atom is -0.480 e. The molecule has 1 aromatic heterocycles. The van der Waals surface area contributed by atoms with Gasteiger partial charge >= 0.3 is 12.0 Å². The number of tetrazole rings is 1. The number of hydrogen-bond donors (Lipinski definition) is 3. The second-order valence-corrected chi connectivity index (χ2v) is 7.94. The molecule has 2 fully saturated rings. The van der Waals surface area contributed by atoms with Crippen molar-refractivity contribution in [2.75, 3.05) is 18.4 Å². The number of anilines is 1. The van der Waals surface area contributed by atoms with E-state index in [0.717, 1.165) is 30.6 Å². The number of aliphatic carboxylic acids is 1. The summed E-state index contributed by atoms with van der Waals surface area (Å²) in [5, 5.41) is 26.1. The normalized spacial score (nSPS) is 20.9. The first kappa shape index (κ1) is 19.3. The number of hydrogen-bond acceptors (Lipinski definition) is 6. The van der Waals surface area contributed by atoms with E-state index < -0.39 is 5.97 Å². The van der Waals surface area contributed by atoms with Gasteiger partial charge in [0.15, 0.2) is 0 Å². The van der Waals surface area contributed by atoms with Crippen molar-refractivity contribution in [2.24, 2.45) is 5.92 Å². The quantitative estimate of drug-likeness (QED) is 0.613. The fraction of sp³-hybridized carbons (Fsp3) is 0.526. The zero-order valence-corrected chi connectivity index (χ0v) is 16.3. The van der Waals surface area contributed by atoms with E-state index in [0.29, 0.717) is 11.6 Å². The highest BCUT2D eigenvalue weighted by molar-refractivity contribution is 5.90. The average Bonchev–Trinajstić information content (AvgIpc) is 3.28. The van der Waals surface area contributed by atoms with Crippen molar-refractivity contribution in [3.05, 3.63) is 30.1 Å². The lowest BCUT2D eigenvalue weighted by Gasteiger charge is -2.42. The Labute approximate surface area is 168 Å². The third kappa shape index (κ3) is 4.89. The maximum absolute atomic E-state index is 12.4. The Bertz CT molecular complexity index is 876. The molecule has 2 saturated carbocycles. The number of carboxylic acids is 1. The maximum atomic E-state index is 12.4. The van der Waals surface area contributed by atoms with Gasteiger partial charge < -0.3 is 15.7 Å². The van der Waals surface area contributed by atoms with E-state index in [2.05, 4.69) is 31.1 Å². The summed E-state index contributed by atoms with van der Waals surface area (Å²) in [6.45, 7) is 2.84. The largest absolute Gasteiger partial charge is 0.480 e.